The molecule has 26 heavy (non-hydrogen) atoms. The number of furan rings is 1. The van der Waals surface area contributed by atoms with Gasteiger partial charge in [0.1, 0.15) is 5.76 Å². The Balaban J connectivity index is 1.43. The lowest BCUT2D eigenvalue weighted by Crippen LogP contribution is -2.39. The molecule has 5 heteroatoms. The van der Waals surface area contributed by atoms with Crippen LogP contribution in [-0.2, 0) is 13.0 Å². The van der Waals surface area contributed by atoms with Crippen LogP contribution in [0.2, 0.25) is 0 Å². The van der Waals surface area contributed by atoms with E-state index in [-0.39, 0.29) is 0 Å². The van der Waals surface area contributed by atoms with Crippen LogP contribution in [0.3, 0.4) is 0 Å². The maximum absolute atomic E-state index is 5.82. The molecule has 0 radical (unpaired) electrons. The summed E-state index contributed by atoms with van der Waals surface area (Å²) in [5.74, 6) is 2.14. The molecule has 1 aliphatic rings. The van der Waals surface area contributed by atoms with Gasteiger partial charge in [0.2, 0.25) is 0 Å². The second-order valence-corrected chi connectivity index (χ2v) is 6.98. The van der Waals surface area contributed by atoms with Crippen molar-refractivity contribution >= 4 is 0 Å². The van der Waals surface area contributed by atoms with Gasteiger partial charge in [-0.25, -0.2) is 4.98 Å². The van der Waals surface area contributed by atoms with Crippen molar-refractivity contribution < 1.29 is 8.83 Å². The van der Waals surface area contributed by atoms with Gasteiger partial charge in [-0.05, 0) is 63.4 Å². The van der Waals surface area contributed by atoms with E-state index in [0.29, 0.717) is 17.7 Å². The van der Waals surface area contributed by atoms with Gasteiger partial charge in [-0.3, -0.25) is 9.88 Å². The zero-order valence-electron chi connectivity index (χ0n) is 15.2. The fourth-order valence-corrected chi connectivity index (χ4v) is 3.73. The van der Waals surface area contributed by atoms with E-state index in [1.807, 2.05) is 31.3 Å². The molecular weight excluding hydrogens is 326 g/mol. The molecule has 1 unspecified atom stereocenters. The Kier molecular flexibility index (Phi) is 5.16. The van der Waals surface area contributed by atoms with Crippen LogP contribution in [0.4, 0.5) is 0 Å². The summed E-state index contributed by atoms with van der Waals surface area (Å²) in [7, 11) is 0. The van der Waals surface area contributed by atoms with Crippen molar-refractivity contribution in [1.29, 1.82) is 0 Å². The topological polar surface area (TPSA) is 55.3 Å². The molecule has 0 N–H and O–H groups in total. The summed E-state index contributed by atoms with van der Waals surface area (Å²) in [6.45, 7) is 3.94. The number of oxazole rings is 1. The molecule has 0 aromatic carbocycles. The molecule has 5 nitrogen and oxygen atoms in total. The fourth-order valence-electron chi connectivity index (χ4n) is 3.73. The first-order chi connectivity index (χ1) is 12.8. The summed E-state index contributed by atoms with van der Waals surface area (Å²) in [5.41, 5.74) is 2.19. The van der Waals surface area contributed by atoms with Crippen molar-refractivity contribution in [2.24, 2.45) is 0 Å². The van der Waals surface area contributed by atoms with Crippen LogP contribution in [0.15, 0.2) is 51.6 Å². The van der Waals surface area contributed by atoms with E-state index in [2.05, 4.69) is 27.0 Å². The number of likely N-dealkylation sites (tertiary alicyclic amines) is 1. The lowest BCUT2D eigenvalue weighted by Gasteiger charge is -2.35. The number of nitrogens with zero attached hydrogens (tertiary/aromatic N) is 3. The summed E-state index contributed by atoms with van der Waals surface area (Å²) in [4.78, 5) is 11.7. The molecule has 136 valence electrons. The third-order valence-corrected chi connectivity index (χ3v) is 5.19. The van der Waals surface area contributed by atoms with E-state index >= 15 is 0 Å². The highest BCUT2D eigenvalue weighted by Crippen LogP contribution is 2.26. The highest BCUT2D eigenvalue weighted by molar-refractivity contribution is 5.44. The number of rotatable bonds is 6. The monoisotopic (exact) mass is 351 g/mol. The molecule has 0 amide bonds. The van der Waals surface area contributed by atoms with Crippen LogP contribution in [0.5, 0.6) is 0 Å². The Morgan fingerprint density at radius 1 is 1.19 bits per heavy atom. The van der Waals surface area contributed by atoms with E-state index in [0.717, 1.165) is 37.4 Å². The largest absolute Gasteiger partial charge is 0.459 e. The van der Waals surface area contributed by atoms with Gasteiger partial charge in [0.25, 0.3) is 5.89 Å². The molecule has 1 atom stereocenters. The summed E-state index contributed by atoms with van der Waals surface area (Å²) in [6.07, 6.45) is 9.49. The average molecular weight is 351 g/mol. The van der Waals surface area contributed by atoms with Gasteiger partial charge in [0.15, 0.2) is 5.76 Å². The van der Waals surface area contributed by atoms with Crippen molar-refractivity contribution in [2.45, 2.75) is 51.6 Å². The molecule has 0 aliphatic carbocycles. The van der Waals surface area contributed by atoms with Gasteiger partial charge in [-0.15, -0.1) is 0 Å². The zero-order valence-corrected chi connectivity index (χ0v) is 15.2. The maximum atomic E-state index is 5.82. The molecule has 3 aromatic heterocycles. The van der Waals surface area contributed by atoms with Gasteiger partial charge >= 0.3 is 0 Å². The van der Waals surface area contributed by atoms with Crippen molar-refractivity contribution in [1.82, 2.24) is 14.9 Å². The van der Waals surface area contributed by atoms with Crippen molar-refractivity contribution in [3.63, 3.8) is 0 Å². The van der Waals surface area contributed by atoms with Gasteiger partial charge < -0.3 is 8.83 Å². The number of pyridine rings is 1. The number of piperidine rings is 1. The van der Waals surface area contributed by atoms with Gasteiger partial charge in [0.05, 0.1) is 12.0 Å². The quantitative estimate of drug-likeness (QED) is 0.648. The number of hydrogen-bond donors (Lipinski definition) is 0. The lowest BCUT2D eigenvalue weighted by molar-refractivity contribution is 0.130. The first-order valence-corrected chi connectivity index (χ1v) is 9.44. The molecule has 1 fully saturated rings. The van der Waals surface area contributed by atoms with E-state index in [9.17, 15) is 0 Å². The van der Waals surface area contributed by atoms with Gasteiger partial charge in [0, 0.05) is 24.5 Å². The minimum atomic E-state index is 0.574. The average Bonchev–Trinajstić information content (AvgIpc) is 3.32. The number of aryl methyl sites for hydroxylation is 2. The van der Waals surface area contributed by atoms with E-state index in [1.165, 1.54) is 25.0 Å². The lowest BCUT2D eigenvalue weighted by atomic mass is 9.96. The van der Waals surface area contributed by atoms with Crippen molar-refractivity contribution in [2.75, 3.05) is 6.54 Å². The van der Waals surface area contributed by atoms with Crippen molar-refractivity contribution in [3.05, 3.63) is 59.9 Å². The second kappa shape index (κ2) is 7.87. The molecule has 0 bridgehead atoms. The van der Waals surface area contributed by atoms with Crippen LogP contribution < -0.4 is 0 Å². The normalized spacial score (nSPS) is 18.3. The molecule has 1 aliphatic heterocycles. The Morgan fingerprint density at radius 3 is 2.96 bits per heavy atom. The minimum Gasteiger partial charge on any atom is -0.459 e. The smallest absolute Gasteiger partial charge is 0.263 e. The second-order valence-electron chi connectivity index (χ2n) is 6.98. The maximum Gasteiger partial charge on any atom is 0.263 e. The SMILES string of the molecule is Cc1oc(-c2ccco2)nc1CN1CCCCC1CCc1ccccn1. The molecule has 1 saturated heterocycles. The van der Waals surface area contributed by atoms with Crippen LogP contribution in [0.1, 0.15) is 42.8 Å². The van der Waals surface area contributed by atoms with Crippen LogP contribution >= 0.6 is 0 Å². The first-order valence-electron chi connectivity index (χ1n) is 9.44. The third kappa shape index (κ3) is 3.88. The third-order valence-electron chi connectivity index (χ3n) is 5.19. The molecule has 0 saturated carbocycles. The van der Waals surface area contributed by atoms with Gasteiger partial charge in [-0.1, -0.05) is 12.5 Å². The van der Waals surface area contributed by atoms with Crippen molar-refractivity contribution in [3.8, 4) is 11.7 Å². The Bertz CT molecular complexity index is 811. The summed E-state index contributed by atoms with van der Waals surface area (Å²) in [6, 6.07) is 10.5. The van der Waals surface area contributed by atoms with E-state index < -0.39 is 0 Å². The summed E-state index contributed by atoms with van der Waals surface area (Å²) in [5, 5.41) is 0. The van der Waals surface area contributed by atoms with E-state index in [4.69, 9.17) is 8.83 Å². The molecule has 0 spiro atoms. The number of aromatic nitrogens is 2. The van der Waals surface area contributed by atoms with Crippen LogP contribution in [-0.4, -0.2) is 27.5 Å². The molecular formula is C21H25N3O2. The highest BCUT2D eigenvalue weighted by atomic mass is 16.4. The predicted molar refractivity (Wildman–Crippen MR) is 99.5 cm³/mol. The predicted octanol–water partition coefficient (Wildman–Crippen LogP) is 4.63. The Labute approximate surface area is 154 Å². The zero-order chi connectivity index (χ0) is 17.8. The summed E-state index contributed by atoms with van der Waals surface area (Å²) >= 11 is 0. The fraction of sp³-hybridized carbons (Fsp3) is 0.429. The standard InChI is InChI=1S/C21H25N3O2/c1-16-19(23-21(26-16)20-9-6-14-25-20)15-24-13-5-3-8-18(24)11-10-17-7-2-4-12-22-17/h2,4,6-7,9,12,14,18H,3,5,8,10-11,13,15H2,1H3. The molecule has 3 aromatic rings. The van der Waals surface area contributed by atoms with Crippen LogP contribution in [0, 0.1) is 6.92 Å². The molecule has 4 rings (SSSR count). The number of hydrogen-bond acceptors (Lipinski definition) is 5. The summed E-state index contributed by atoms with van der Waals surface area (Å²) < 4.78 is 11.2. The van der Waals surface area contributed by atoms with E-state index in [1.54, 1.807) is 6.26 Å². The van der Waals surface area contributed by atoms with Gasteiger partial charge in [-0.2, -0.15) is 0 Å². The molecule has 4 heterocycles. The minimum absolute atomic E-state index is 0.574. The first kappa shape index (κ1) is 17.0. The highest BCUT2D eigenvalue weighted by Gasteiger charge is 2.25. The Hall–Kier alpha value is -2.40. The Morgan fingerprint density at radius 2 is 2.15 bits per heavy atom. The van der Waals surface area contributed by atoms with Crippen LogP contribution in [0.25, 0.3) is 11.7 Å².